The zero-order chi connectivity index (χ0) is 26.8. The van der Waals surface area contributed by atoms with Gasteiger partial charge in [0, 0.05) is 38.5 Å². The van der Waals surface area contributed by atoms with E-state index in [-0.39, 0.29) is 24.7 Å². The van der Waals surface area contributed by atoms with Crippen LogP contribution in [-0.2, 0) is 26.3 Å². The van der Waals surface area contributed by atoms with Crippen LogP contribution in [0.5, 0.6) is 5.75 Å². The molecule has 0 spiro atoms. The van der Waals surface area contributed by atoms with Gasteiger partial charge in [-0.1, -0.05) is 42.5 Å². The molecule has 3 atom stereocenters. The molecule has 0 bridgehead atoms. The Kier molecular flexibility index (Phi) is 7.66. The van der Waals surface area contributed by atoms with Crippen molar-refractivity contribution in [3.63, 3.8) is 0 Å². The van der Waals surface area contributed by atoms with E-state index in [1.54, 1.807) is 12.0 Å². The van der Waals surface area contributed by atoms with Crippen molar-refractivity contribution in [2.24, 2.45) is 5.92 Å². The molecule has 0 radical (unpaired) electrons. The van der Waals surface area contributed by atoms with Crippen molar-refractivity contribution in [1.82, 2.24) is 9.80 Å². The maximum absolute atomic E-state index is 13.1. The summed E-state index contributed by atoms with van der Waals surface area (Å²) in [7, 11) is 3.51. The smallest absolute Gasteiger partial charge is 0.410 e. The Hall–Kier alpha value is -3.06. The number of esters is 1. The molecule has 7 heteroatoms. The van der Waals surface area contributed by atoms with Crippen LogP contribution in [0.4, 0.5) is 4.79 Å². The van der Waals surface area contributed by atoms with Crippen LogP contribution in [0.2, 0.25) is 0 Å². The number of benzene rings is 2. The van der Waals surface area contributed by atoms with Crippen LogP contribution < -0.4 is 4.74 Å². The summed E-state index contributed by atoms with van der Waals surface area (Å²) >= 11 is 0. The van der Waals surface area contributed by atoms with Gasteiger partial charge in [-0.05, 0) is 74.2 Å². The first-order valence-corrected chi connectivity index (χ1v) is 13.8. The van der Waals surface area contributed by atoms with Crippen LogP contribution in [-0.4, -0.2) is 67.3 Å². The lowest BCUT2D eigenvalue weighted by molar-refractivity contribution is -0.189. The van der Waals surface area contributed by atoms with Gasteiger partial charge in [0.1, 0.15) is 18.0 Å². The molecule has 0 aromatic heterocycles. The lowest BCUT2D eigenvalue weighted by Gasteiger charge is -2.60. The third-order valence-corrected chi connectivity index (χ3v) is 8.89. The predicted molar refractivity (Wildman–Crippen MR) is 145 cm³/mol. The summed E-state index contributed by atoms with van der Waals surface area (Å²) in [6.45, 7) is 4.47. The molecule has 3 fully saturated rings. The van der Waals surface area contributed by atoms with E-state index in [0.29, 0.717) is 12.8 Å². The second-order valence-electron chi connectivity index (χ2n) is 11.4. The minimum Gasteiger partial charge on any atom is -0.497 e. The maximum Gasteiger partial charge on any atom is 0.410 e. The number of hydrogen-bond acceptors (Lipinski definition) is 6. The van der Waals surface area contributed by atoms with E-state index in [4.69, 9.17) is 14.2 Å². The SMILES string of the molecule is COc1cccc([C@@]23CCN(CC4CC4)C[C@@]2(OC(C)=O)CC[C@H](N(C)C(=O)OCc2ccccc2)C3)c1. The minimum absolute atomic E-state index is 0.0388. The number of hydrogen-bond donors (Lipinski definition) is 0. The van der Waals surface area contributed by atoms with Crippen molar-refractivity contribution < 1.29 is 23.8 Å². The van der Waals surface area contributed by atoms with Gasteiger partial charge in [-0.2, -0.15) is 0 Å². The normalized spacial score (nSPS) is 27.2. The number of fused-ring (bicyclic) bond motifs is 1. The molecule has 7 nitrogen and oxygen atoms in total. The number of carbonyl (C=O) groups excluding carboxylic acids is 2. The molecule has 1 heterocycles. The number of nitrogens with zero attached hydrogens (tertiary/aromatic N) is 2. The van der Waals surface area contributed by atoms with Crippen molar-refractivity contribution in [3.05, 3.63) is 65.7 Å². The first kappa shape index (κ1) is 26.5. The highest BCUT2D eigenvalue weighted by Gasteiger charge is 2.61. The molecule has 1 saturated heterocycles. The first-order chi connectivity index (χ1) is 18.3. The van der Waals surface area contributed by atoms with Gasteiger partial charge in [0.15, 0.2) is 0 Å². The Balaban J connectivity index is 1.44. The topological polar surface area (TPSA) is 68.3 Å². The number of methoxy groups -OCH3 is 1. The Morgan fingerprint density at radius 1 is 1.05 bits per heavy atom. The highest BCUT2D eigenvalue weighted by Crippen LogP contribution is 2.55. The van der Waals surface area contributed by atoms with Crippen molar-refractivity contribution in [2.45, 2.75) is 69.1 Å². The molecular weight excluding hydrogens is 480 g/mol. The van der Waals surface area contributed by atoms with E-state index in [0.717, 1.165) is 55.3 Å². The second kappa shape index (κ2) is 11.0. The summed E-state index contributed by atoms with van der Waals surface area (Å²) in [5.41, 5.74) is 0.968. The third kappa shape index (κ3) is 5.39. The van der Waals surface area contributed by atoms with Crippen molar-refractivity contribution in [3.8, 4) is 5.75 Å². The number of ether oxygens (including phenoxy) is 3. The molecule has 204 valence electrons. The highest BCUT2D eigenvalue weighted by molar-refractivity contribution is 5.68. The zero-order valence-electron chi connectivity index (χ0n) is 22.9. The Labute approximate surface area is 226 Å². The van der Waals surface area contributed by atoms with E-state index in [2.05, 4.69) is 17.0 Å². The molecule has 5 rings (SSSR count). The zero-order valence-corrected chi connectivity index (χ0v) is 22.9. The third-order valence-electron chi connectivity index (χ3n) is 8.89. The minimum atomic E-state index is -0.663. The van der Waals surface area contributed by atoms with Gasteiger partial charge in [-0.15, -0.1) is 0 Å². The van der Waals surface area contributed by atoms with Crippen LogP contribution in [0.1, 0.15) is 56.6 Å². The number of piperidine rings is 1. The van der Waals surface area contributed by atoms with Crippen molar-refractivity contribution in [1.29, 1.82) is 0 Å². The van der Waals surface area contributed by atoms with E-state index in [1.165, 1.54) is 19.8 Å². The monoisotopic (exact) mass is 520 g/mol. The van der Waals surface area contributed by atoms with Crippen LogP contribution >= 0.6 is 0 Å². The van der Waals surface area contributed by atoms with E-state index in [1.807, 2.05) is 49.5 Å². The number of carbonyl (C=O) groups is 2. The Bertz CT molecular complexity index is 1140. The Morgan fingerprint density at radius 2 is 1.84 bits per heavy atom. The van der Waals surface area contributed by atoms with Gasteiger partial charge < -0.3 is 19.1 Å². The van der Waals surface area contributed by atoms with Crippen molar-refractivity contribution in [2.75, 3.05) is 33.8 Å². The van der Waals surface area contributed by atoms with Gasteiger partial charge in [0.05, 0.1) is 7.11 Å². The summed E-state index contributed by atoms with van der Waals surface area (Å²) in [6.07, 6.45) is 5.22. The quantitative estimate of drug-likeness (QED) is 0.447. The molecule has 2 aromatic rings. The summed E-state index contributed by atoms with van der Waals surface area (Å²) in [4.78, 5) is 30.0. The van der Waals surface area contributed by atoms with E-state index in [9.17, 15) is 9.59 Å². The molecular formula is C31H40N2O5. The molecule has 2 saturated carbocycles. The summed E-state index contributed by atoms with van der Waals surface area (Å²) in [5.74, 6) is 1.29. The van der Waals surface area contributed by atoms with Gasteiger partial charge >= 0.3 is 12.1 Å². The van der Waals surface area contributed by atoms with Gasteiger partial charge in [-0.25, -0.2) is 4.79 Å². The summed E-state index contributed by atoms with van der Waals surface area (Å²) in [6, 6.07) is 17.9. The molecule has 0 N–H and O–H groups in total. The molecule has 38 heavy (non-hydrogen) atoms. The number of rotatable bonds is 8. The van der Waals surface area contributed by atoms with Gasteiger partial charge in [0.2, 0.25) is 0 Å². The van der Waals surface area contributed by atoms with Crippen LogP contribution in [0.15, 0.2) is 54.6 Å². The molecule has 2 aliphatic carbocycles. The largest absolute Gasteiger partial charge is 0.497 e. The van der Waals surface area contributed by atoms with Gasteiger partial charge in [-0.3, -0.25) is 9.69 Å². The average molecular weight is 521 g/mol. The lowest BCUT2D eigenvalue weighted by atomic mass is 9.55. The van der Waals surface area contributed by atoms with E-state index < -0.39 is 11.0 Å². The van der Waals surface area contributed by atoms with Crippen LogP contribution in [0.3, 0.4) is 0 Å². The first-order valence-electron chi connectivity index (χ1n) is 13.8. The fraction of sp³-hybridized carbons (Fsp3) is 0.548. The molecule has 2 aromatic carbocycles. The number of likely N-dealkylation sites (tertiary alicyclic amines) is 1. The van der Waals surface area contributed by atoms with E-state index >= 15 is 0 Å². The van der Waals surface area contributed by atoms with Crippen LogP contribution in [0.25, 0.3) is 0 Å². The average Bonchev–Trinajstić information content (AvgIpc) is 3.75. The summed E-state index contributed by atoms with van der Waals surface area (Å²) in [5, 5.41) is 0. The second-order valence-corrected chi connectivity index (χ2v) is 11.4. The Morgan fingerprint density at radius 3 is 2.55 bits per heavy atom. The van der Waals surface area contributed by atoms with Crippen LogP contribution in [0, 0.1) is 5.92 Å². The predicted octanol–water partition coefficient (Wildman–Crippen LogP) is 5.17. The fourth-order valence-electron chi connectivity index (χ4n) is 6.70. The lowest BCUT2D eigenvalue weighted by Crippen LogP contribution is -2.68. The summed E-state index contributed by atoms with van der Waals surface area (Å²) < 4.78 is 17.7. The molecule has 1 aliphatic heterocycles. The van der Waals surface area contributed by atoms with Crippen molar-refractivity contribution >= 4 is 12.1 Å². The number of amides is 1. The fourth-order valence-corrected chi connectivity index (χ4v) is 6.70. The van der Waals surface area contributed by atoms with Gasteiger partial charge in [0.25, 0.3) is 0 Å². The molecule has 1 amide bonds. The maximum atomic E-state index is 13.1. The highest BCUT2D eigenvalue weighted by atomic mass is 16.6. The molecule has 3 aliphatic rings. The molecule has 0 unspecified atom stereocenters. The standard InChI is InChI=1S/C31H40N2O5/c1-23(34)38-31-15-14-27(32(2)29(35)37-21-25-8-5-4-6-9-25)19-30(31,26-10-7-11-28(18-26)36-3)16-17-33(22-31)20-24-12-13-24/h4-11,18,24,27H,12-17,19-22H2,1-3H3/t27-,30-,31-/m0/s1.